The number of nitrogens with one attached hydrogen (secondary N) is 1. The lowest BCUT2D eigenvalue weighted by molar-refractivity contribution is -0.140. The number of esters is 1. The quantitative estimate of drug-likeness (QED) is 0.420. The summed E-state index contributed by atoms with van der Waals surface area (Å²) in [7, 11) is 1.64. The van der Waals surface area contributed by atoms with E-state index < -0.39 is 11.9 Å². The molecule has 0 amide bonds. The molecule has 5 heteroatoms. The second-order valence-electron chi connectivity index (χ2n) is 9.76. The van der Waals surface area contributed by atoms with Crippen LogP contribution in [0.4, 0.5) is 0 Å². The van der Waals surface area contributed by atoms with Crippen LogP contribution in [-0.2, 0) is 20.9 Å². The number of carbonyl (C=O) groups excluding carboxylic acids is 2. The molecule has 0 bridgehead atoms. The maximum Gasteiger partial charge on any atom is 0.337 e. The molecule has 0 radical (unpaired) electrons. The van der Waals surface area contributed by atoms with Crippen molar-refractivity contribution in [1.29, 1.82) is 0 Å². The summed E-state index contributed by atoms with van der Waals surface area (Å²) in [4.78, 5) is 27.2. The number of Topliss-reactive ketones (excluding diaryl/α,β-unsaturated/α-hetero) is 1. The fraction of sp³-hybridized carbons (Fsp3) is 0.250. The van der Waals surface area contributed by atoms with E-state index >= 15 is 0 Å². The summed E-state index contributed by atoms with van der Waals surface area (Å²) in [5.74, 6) is 0.0302. The van der Waals surface area contributed by atoms with Crippen molar-refractivity contribution < 1.29 is 19.1 Å². The Morgan fingerprint density at radius 1 is 0.892 bits per heavy atom. The number of hydrogen-bond donors (Lipinski definition) is 1. The van der Waals surface area contributed by atoms with Gasteiger partial charge in [-0.2, -0.15) is 0 Å². The number of carbonyl (C=O) groups is 2. The molecule has 1 heterocycles. The standard InChI is InChI=1S/C32H31NO4/c1-20-9-11-24(12-10-20)30-29(32(35)37-19-22-7-5-4-6-8-22)21(2)33-27-17-25(18-28(34)31(27)30)23-13-15-26(36-3)16-14-23/h4-16,25,30,33H,17-19H2,1-3H3. The van der Waals surface area contributed by atoms with Gasteiger partial charge in [0.2, 0.25) is 0 Å². The Labute approximate surface area is 217 Å². The van der Waals surface area contributed by atoms with Crippen molar-refractivity contribution in [1.82, 2.24) is 5.32 Å². The molecule has 3 aromatic carbocycles. The van der Waals surface area contributed by atoms with Crippen LogP contribution in [0.2, 0.25) is 0 Å². The molecule has 5 nitrogen and oxygen atoms in total. The second kappa shape index (κ2) is 10.5. The minimum atomic E-state index is -0.468. The third kappa shape index (κ3) is 5.08. The minimum Gasteiger partial charge on any atom is -0.497 e. The van der Waals surface area contributed by atoms with Crippen molar-refractivity contribution in [3.63, 3.8) is 0 Å². The summed E-state index contributed by atoms with van der Waals surface area (Å²) in [6.45, 7) is 4.10. The molecule has 0 spiro atoms. The number of benzene rings is 3. The number of hydrogen-bond acceptors (Lipinski definition) is 5. The number of rotatable bonds is 6. The van der Waals surface area contributed by atoms with Gasteiger partial charge in [-0.05, 0) is 55.0 Å². The minimum absolute atomic E-state index is 0.0565. The van der Waals surface area contributed by atoms with Gasteiger partial charge in [0.15, 0.2) is 5.78 Å². The van der Waals surface area contributed by atoms with Crippen LogP contribution in [0.5, 0.6) is 5.75 Å². The number of allylic oxidation sites excluding steroid dienone is 3. The summed E-state index contributed by atoms with van der Waals surface area (Å²) >= 11 is 0. The first-order chi connectivity index (χ1) is 17.9. The zero-order chi connectivity index (χ0) is 25.9. The van der Waals surface area contributed by atoms with Crippen LogP contribution in [0.25, 0.3) is 0 Å². The van der Waals surface area contributed by atoms with Gasteiger partial charge in [0.05, 0.1) is 12.7 Å². The molecule has 3 aromatic rings. The van der Waals surface area contributed by atoms with Crippen LogP contribution in [0.1, 0.15) is 53.9 Å². The van der Waals surface area contributed by atoms with Crippen molar-refractivity contribution >= 4 is 11.8 Å². The maximum absolute atomic E-state index is 13.7. The Morgan fingerprint density at radius 3 is 2.24 bits per heavy atom. The van der Waals surface area contributed by atoms with Crippen LogP contribution in [-0.4, -0.2) is 18.9 Å². The molecule has 1 aliphatic carbocycles. The van der Waals surface area contributed by atoms with E-state index in [2.05, 4.69) is 5.32 Å². The lowest BCUT2D eigenvalue weighted by atomic mass is 9.71. The highest BCUT2D eigenvalue weighted by Crippen LogP contribution is 2.46. The van der Waals surface area contributed by atoms with E-state index in [9.17, 15) is 9.59 Å². The van der Waals surface area contributed by atoms with Crippen molar-refractivity contribution in [2.24, 2.45) is 0 Å². The Bertz CT molecular complexity index is 1370. The highest BCUT2D eigenvalue weighted by molar-refractivity contribution is 6.04. The average Bonchev–Trinajstić information content (AvgIpc) is 2.92. The molecule has 2 aliphatic rings. The molecular weight excluding hydrogens is 462 g/mol. The number of methoxy groups -OCH3 is 1. The van der Waals surface area contributed by atoms with Crippen molar-refractivity contribution in [3.8, 4) is 5.75 Å². The zero-order valence-electron chi connectivity index (χ0n) is 21.4. The van der Waals surface area contributed by atoms with Crippen LogP contribution in [0.15, 0.2) is 101 Å². The smallest absolute Gasteiger partial charge is 0.337 e. The summed E-state index contributed by atoms with van der Waals surface area (Å²) < 4.78 is 11.1. The lowest BCUT2D eigenvalue weighted by Crippen LogP contribution is -2.36. The van der Waals surface area contributed by atoms with Gasteiger partial charge in [-0.25, -0.2) is 4.79 Å². The van der Waals surface area contributed by atoms with E-state index in [0.717, 1.165) is 39.4 Å². The van der Waals surface area contributed by atoms with Gasteiger partial charge < -0.3 is 14.8 Å². The Kier molecular flexibility index (Phi) is 6.95. The van der Waals surface area contributed by atoms with Crippen molar-refractivity contribution in [3.05, 3.63) is 124 Å². The zero-order valence-corrected chi connectivity index (χ0v) is 21.4. The van der Waals surface area contributed by atoms with E-state index in [1.54, 1.807) is 7.11 Å². The molecule has 1 N–H and O–H groups in total. The largest absolute Gasteiger partial charge is 0.497 e. The summed E-state index contributed by atoms with van der Waals surface area (Å²) in [5.41, 5.74) is 6.84. The number of ketones is 1. The van der Waals surface area contributed by atoms with Gasteiger partial charge in [0.25, 0.3) is 0 Å². The number of aryl methyl sites for hydroxylation is 1. The van der Waals surface area contributed by atoms with Gasteiger partial charge in [-0.15, -0.1) is 0 Å². The first-order valence-electron chi connectivity index (χ1n) is 12.6. The molecule has 0 saturated carbocycles. The number of ether oxygens (including phenoxy) is 2. The fourth-order valence-electron chi connectivity index (χ4n) is 5.31. The van der Waals surface area contributed by atoms with Gasteiger partial charge in [-0.3, -0.25) is 4.79 Å². The molecule has 2 unspecified atom stereocenters. The average molecular weight is 494 g/mol. The predicted octanol–water partition coefficient (Wildman–Crippen LogP) is 6.11. The highest BCUT2D eigenvalue weighted by Gasteiger charge is 2.41. The summed E-state index contributed by atoms with van der Waals surface area (Å²) in [6, 6.07) is 25.6. The molecule has 0 aromatic heterocycles. The van der Waals surface area contributed by atoms with E-state index in [0.29, 0.717) is 24.0 Å². The van der Waals surface area contributed by atoms with Crippen LogP contribution in [0.3, 0.4) is 0 Å². The van der Waals surface area contributed by atoms with Crippen molar-refractivity contribution in [2.75, 3.05) is 7.11 Å². The Balaban J connectivity index is 1.49. The lowest BCUT2D eigenvalue weighted by Gasteiger charge is -2.36. The first-order valence-corrected chi connectivity index (χ1v) is 12.6. The Morgan fingerprint density at radius 2 is 1.57 bits per heavy atom. The number of dihydropyridines is 1. The van der Waals surface area contributed by atoms with Gasteiger partial charge >= 0.3 is 5.97 Å². The second-order valence-corrected chi connectivity index (χ2v) is 9.76. The molecule has 5 rings (SSSR count). The maximum atomic E-state index is 13.7. The Hall–Kier alpha value is -4.12. The highest BCUT2D eigenvalue weighted by atomic mass is 16.5. The molecule has 1 aliphatic heterocycles. The SMILES string of the molecule is COc1ccc(C2CC(=O)C3=C(C2)NC(C)=C(C(=O)OCc2ccccc2)C3c2ccc(C)cc2)cc1. The monoisotopic (exact) mass is 493 g/mol. The molecule has 37 heavy (non-hydrogen) atoms. The van der Waals surface area contributed by atoms with Crippen molar-refractivity contribution in [2.45, 2.75) is 45.1 Å². The van der Waals surface area contributed by atoms with Crippen LogP contribution < -0.4 is 10.1 Å². The van der Waals surface area contributed by atoms with E-state index in [1.807, 2.05) is 92.7 Å². The molecule has 188 valence electrons. The fourth-order valence-corrected chi connectivity index (χ4v) is 5.31. The third-order valence-electron chi connectivity index (χ3n) is 7.26. The van der Waals surface area contributed by atoms with Gasteiger partial charge in [0, 0.05) is 29.3 Å². The summed E-state index contributed by atoms with van der Waals surface area (Å²) in [6.07, 6.45) is 1.08. The van der Waals surface area contributed by atoms with E-state index in [4.69, 9.17) is 9.47 Å². The molecule has 0 fully saturated rings. The third-order valence-corrected chi connectivity index (χ3v) is 7.26. The molecular formula is C32H31NO4. The van der Waals surface area contributed by atoms with Crippen LogP contribution >= 0.6 is 0 Å². The molecule has 0 saturated heterocycles. The normalized spacial score (nSPS) is 19.3. The van der Waals surface area contributed by atoms with Gasteiger partial charge in [0.1, 0.15) is 12.4 Å². The van der Waals surface area contributed by atoms with E-state index in [1.165, 1.54) is 0 Å². The van der Waals surface area contributed by atoms with E-state index in [-0.39, 0.29) is 18.3 Å². The van der Waals surface area contributed by atoms with Crippen LogP contribution in [0, 0.1) is 6.92 Å². The first kappa shape index (κ1) is 24.6. The summed E-state index contributed by atoms with van der Waals surface area (Å²) in [5, 5.41) is 3.42. The predicted molar refractivity (Wildman–Crippen MR) is 143 cm³/mol. The molecule has 2 atom stereocenters. The van der Waals surface area contributed by atoms with Gasteiger partial charge in [-0.1, -0.05) is 72.3 Å². The topological polar surface area (TPSA) is 64.6 Å².